The molecule has 0 radical (unpaired) electrons. The van der Waals surface area contributed by atoms with Crippen LogP contribution in [0.3, 0.4) is 0 Å². The van der Waals surface area contributed by atoms with Crippen LogP contribution in [0.4, 0.5) is 4.79 Å². The number of carbonyl (C=O) groups excluding carboxylic acids is 1. The third-order valence-electron chi connectivity index (χ3n) is 4.76. The number of urea groups is 1. The van der Waals surface area contributed by atoms with Crippen LogP contribution < -0.4 is 10.6 Å². The van der Waals surface area contributed by atoms with Gasteiger partial charge in [-0.05, 0) is 29.7 Å². The Balaban J connectivity index is 1.44. The van der Waals surface area contributed by atoms with Gasteiger partial charge in [0.1, 0.15) is 0 Å². The maximum Gasteiger partial charge on any atom is 0.314 e. The second kappa shape index (κ2) is 10.7. The maximum atomic E-state index is 12.1. The second-order valence-electron chi connectivity index (χ2n) is 6.82. The summed E-state index contributed by atoms with van der Waals surface area (Å²) in [6.07, 6.45) is 0.810. The molecule has 0 bridgehead atoms. The molecule has 1 fully saturated rings. The zero-order valence-corrected chi connectivity index (χ0v) is 17.2. The van der Waals surface area contributed by atoms with Crippen LogP contribution >= 0.6 is 23.2 Å². The molecule has 7 heteroatoms. The number of ether oxygens (including phenoxy) is 1. The van der Waals surface area contributed by atoms with Crippen LogP contribution in [0.15, 0.2) is 48.5 Å². The van der Waals surface area contributed by atoms with Gasteiger partial charge in [0.15, 0.2) is 0 Å². The highest BCUT2D eigenvalue weighted by atomic mass is 35.5. The van der Waals surface area contributed by atoms with E-state index < -0.39 is 0 Å². The van der Waals surface area contributed by atoms with Gasteiger partial charge in [-0.2, -0.15) is 0 Å². The van der Waals surface area contributed by atoms with Gasteiger partial charge in [-0.1, -0.05) is 59.6 Å². The summed E-state index contributed by atoms with van der Waals surface area (Å²) in [5.41, 5.74) is 2.30. The minimum atomic E-state index is -0.156. The molecule has 1 unspecified atom stereocenters. The summed E-state index contributed by atoms with van der Waals surface area (Å²) in [7, 11) is 0. The summed E-state index contributed by atoms with van der Waals surface area (Å²) < 4.78 is 5.60. The first-order valence-electron chi connectivity index (χ1n) is 9.43. The van der Waals surface area contributed by atoms with Crippen LogP contribution in [0.5, 0.6) is 0 Å². The van der Waals surface area contributed by atoms with E-state index in [0.29, 0.717) is 36.3 Å². The molecule has 1 heterocycles. The molecule has 2 aromatic rings. The summed E-state index contributed by atoms with van der Waals surface area (Å²) in [5, 5.41) is 6.97. The lowest BCUT2D eigenvalue weighted by atomic mass is 10.1. The lowest BCUT2D eigenvalue weighted by molar-refractivity contribution is -0.00994. The lowest BCUT2D eigenvalue weighted by Crippen LogP contribution is -2.52. The van der Waals surface area contributed by atoms with E-state index in [1.807, 2.05) is 36.4 Å². The Morgan fingerprint density at radius 2 is 1.89 bits per heavy atom. The monoisotopic (exact) mass is 421 g/mol. The van der Waals surface area contributed by atoms with Crippen LogP contribution in [0.1, 0.15) is 11.1 Å². The second-order valence-corrected chi connectivity index (χ2v) is 7.63. The van der Waals surface area contributed by atoms with Crippen molar-refractivity contribution in [3.05, 3.63) is 69.7 Å². The number of halogens is 2. The van der Waals surface area contributed by atoms with Crippen molar-refractivity contribution in [3.63, 3.8) is 0 Å². The van der Waals surface area contributed by atoms with Gasteiger partial charge in [0.25, 0.3) is 0 Å². The van der Waals surface area contributed by atoms with Crippen LogP contribution in [0.25, 0.3) is 0 Å². The summed E-state index contributed by atoms with van der Waals surface area (Å²) in [6, 6.07) is 15.7. The van der Waals surface area contributed by atoms with E-state index in [2.05, 4.69) is 27.7 Å². The summed E-state index contributed by atoms with van der Waals surface area (Å²) in [4.78, 5) is 14.4. The number of nitrogens with zero attached hydrogens (tertiary/aromatic N) is 1. The molecule has 2 N–H and O–H groups in total. The molecule has 5 nitrogen and oxygen atoms in total. The molecule has 1 atom stereocenters. The van der Waals surface area contributed by atoms with E-state index in [1.165, 1.54) is 5.56 Å². The Kier molecular flexibility index (Phi) is 7.98. The van der Waals surface area contributed by atoms with Crippen molar-refractivity contribution in [1.82, 2.24) is 15.5 Å². The molecular weight excluding hydrogens is 397 g/mol. The van der Waals surface area contributed by atoms with Crippen molar-refractivity contribution < 1.29 is 9.53 Å². The van der Waals surface area contributed by atoms with Crippen molar-refractivity contribution in [2.24, 2.45) is 0 Å². The van der Waals surface area contributed by atoms with Gasteiger partial charge in [-0.15, -0.1) is 0 Å². The van der Waals surface area contributed by atoms with E-state index in [1.54, 1.807) is 0 Å². The first-order valence-corrected chi connectivity index (χ1v) is 10.2. The summed E-state index contributed by atoms with van der Waals surface area (Å²) >= 11 is 12.1. The van der Waals surface area contributed by atoms with E-state index >= 15 is 0 Å². The fourth-order valence-corrected chi connectivity index (χ4v) is 3.52. The number of benzene rings is 2. The van der Waals surface area contributed by atoms with E-state index in [4.69, 9.17) is 27.9 Å². The highest BCUT2D eigenvalue weighted by Crippen LogP contribution is 2.24. The highest BCUT2D eigenvalue weighted by Gasteiger charge is 2.23. The number of carbonyl (C=O) groups is 1. The number of hydrogen-bond acceptors (Lipinski definition) is 3. The van der Waals surface area contributed by atoms with Gasteiger partial charge in [0.05, 0.1) is 29.3 Å². The standard InChI is InChI=1S/C21H25Cl2N3O2/c22-19-7-6-17(12-20(19)23)14-26-10-11-28-15-18(26)13-25-21(27)24-9-8-16-4-2-1-3-5-16/h1-7,12,18H,8-11,13-15H2,(H2,24,25,27). The molecule has 0 aromatic heterocycles. The lowest BCUT2D eigenvalue weighted by Gasteiger charge is -2.35. The summed E-state index contributed by atoms with van der Waals surface area (Å²) in [5.74, 6) is 0. The van der Waals surface area contributed by atoms with Gasteiger partial charge < -0.3 is 15.4 Å². The highest BCUT2D eigenvalue weighted by molar-refractivity contribution is 6.42. The van der Waals surface area contributed by atoms with Crippen molar-refractivity contribution in [1.29, 1.82) is 0 Å². The molecule has 0 spiro atoms. The molecular formula is C21H25Cl2N3O2. The zero-order valence-electron chi connectivity index (χ0n) is 15.7. The molecule has 2 amide bonds. The van der Waals surface area contributed by atoms with E-state index in [0.717, 1.165) is 25.1 Å². The summed E-state index contributed by atoms with van der Waals surface area (Å²) in [6.45, 7) is 3.94. The fourth-order valence-electron chi connectivity index (χ4n) is 3.20. The van der Waals surface area contributed by atoms with Crippen LogP contribution in [0.2, 0.25) is 10.0 Å². The number of amides is 2. The van der Waals surface area contributed by atoms with Crippen molar-refractivity contribution in [2.75, 3.05) is 32.8 Å². The smallest absolute Gasteiger partial charge is 0.314 e. The van der Waals surface area contributed by atoms with Gasteiger partial charge in [0, 0.05) is 26.2 Å². The molecule has 3 rings (SSSR count). The minimum Gasteiger partial charge on any atom is -0.378 e. The van der Waals surface area contributed by atoms with Crippen molar-refractivity contribution >= 4 is 29.2 Å². The van der Waals surface area contributed by atoms with Crippen LogP contribution in [-0.4, -0.2) is 49.8 Å². The molecule has 28 heavy (non-hydrogen) atoms. The van der Waals surface area contributed by atoms with Gasteiger partial charge >= 0.3 is 6.03 Å². The molecule has 1 aliphatic heterocycles. The van der Waals surface area contributed by atoms with Crippen molar-refractivity contribution in [3.8, 4) is 0 Å². The first-order chi connectivity index (χ1) is 13.6. The van der Waals surface area contributed by atoms with Gasteiger partial charge in [-0.25, -0.2) is 4.79 Å². The average molecular weight is 422 g/mol. The number of morpholine rings is 1. The Morgan fingerprint density at radius 3 is 2.68 bits per heavy atom. The van der Waals surface area contributed by atoms with E-state index in [9.17, 15) is 4.79 Å². The van der Waals surface area contributed by atoms with Crippen LogP contribution in [-0.2, 0) is 17.7 Å². The van der Waals surface area contributed by atoms with E-state index in [-0.39, 0.29) is 12.1 Å². The molecule has 2 aromatic carbocycles. The quantitative estimate of drug-likeness (QED) is 0.715. The average Bonchev–Trinajstić information content (AvgIpc) is 2.71. The maximum absolute atomic E-state index is 12.1. The Hall–Kier alpha value is -1.79. The molecule has 0 saturated carbocycles. The third kappa shape index (κ3) is 6.38. The molecule has 0 aliphatic carbocycles. The number of rotatable bonds is 7. The molecule has 150 valence electrons. The Morgan fingerprint density at radius 1 is 1.07 bits per heavy atom. The predicted octanol–water partition coefficient (Wildman–Crippen LogP) is 3.74. The number of nitrogens with one attached hydrogen (secondary N) is 2. The molecule has 1 saturated heterocycles. The number of hydrogen-bond donors (Lipinski definition) is 2. The predicted molar refractivity (Wildman–Crippen MR) is 113 cm³/mol. The first kappa shape index (κ1) is 20.9. The van der Waals surface area contributed by atoms with Crippen LogP contribution in [0, 0.1) is 0 Å². The zero-order chi connectivity index (χ0) is 19.8. The topological polar surface area (TPSA) is 53.6 Å². The van der Waals surface area contributed by atoms with Gasteiger partial charge in [0.2, 0.25) is 0 Å². The SMILES string of the molecule is O=C(NCCc1ccccc1)NCC1COCCN1Cc1ccc(Cl)c(Cl)c1. The largest absolute Gasteiger partial charge is 0.378 e. The Labute approximate surface area is 176 Å². The minimum absolute atomic E-state index is 0.114. The normalized spacial score (nSPS) is 17.3. The van der Waals surface area contributed by atoms with Crippen molar-refractivity contribution in [2.45, 2.75) is 19.0 Å². The fraction of sp³-hybridized carbons (Fsp3) is 0.381. The Bertz CT molecular complexity index is 774. The van der Waals surface area contributed by atoms with Gasteiger partial charge in [-0.3, -0.25) is 4.90 Å². The molecule has 1 aliphatic rings. The third-order valence-corrected chi connectivity index (χ3v) is 5.50.